The van der Waals surface area contributed by atoms with E-state index >= 15 is 0 Å². The molecular formula is C14H16O2S. The van der Waals surface area contributed by atoms with Gasteiger partial charge in [-0.05, 0) is 30.2 Å². The van der Waals surface area contributed by atoms with Gasteiger partial charge in [0.2, 0.25) is 0 Å². The van der Waals surface area contributed by atoms with Crippen molar-refractivity contribution in [1.82, 2.24) is 0 Å². The molecule has 3 heteroatoms. The molecule has 0 radical (unpaired) electrons. The molecule has 0 aromatic heterocycles. The Bertz CT molecular complexity index is 495. The van der Waals surface area contributed by atoms with Crippen molar-refractivity contribution in [3.63, 3.8) is 0 Å². The van der Waals surface area contributed by atoms with E-state index in [-0.39, 0.29) is 0 Å². The summed E-state index contributed by atoms with van der Waals surface area (Å²) < 4.78 is 19.1. The molecule has 2 aromatic carbocycles. The summed E-state index contributed by atoms with van der Waals surface area (Å²) in [4.78, 5) is 0.577. The van der Waals surface area contributed by atoms with E-state index in [1.807, 2.05) is 12.1 Å². The Labute approximate surface area is 103 Å². The maximum atomic E-state index is 9.53. The van der Waals surface area contributed by atoms with Crippen molar-refractivity contribution in [3.05, 3.63) is 54.1 Å². The van der Waals surface area contributed by atoms with Gasteiger partial charge in [-0.25, -0.2) is 0 Å². The van der Waals surface area contributed by atoms with Gasteiger partial charge >= 0.3 is 0 Å². The second-order valence-electron chi connectivity index (χ2n) is 4.22. The van der Waals surface area contributed by atoms with Gasteiger partial charge in [0.25, 0.3) is 0 Å². The SMILES string of the molecule is Cc1ccc(-c2ccc(S(C)(O)O)cc2)cc1. The van der Waals surface area contributed by atoms with Crippen LogP contribution in [0.2, 0.25) is 0 Å². The average molecular weight is 248 g/mol. The number of aryl methyl sites for hydroxylation is 1. The summed E-state index contributed by atoms with van der Waals surface area (Å²) in [5, 5.41) is 0. The van der Waals surface area contributed by atoms with E-state index in [0.717, 1.165) is 11.1 Å². The number of rotatable bonds is 2. The van der Waals surface area contributed by atoms with Crippen LogP contribution in [0.1, 0.15) is 5.56 Å². The third kappa shape index (κ3) is 2.88. The van der Waals surface area contributed by atoms with E-state index in [0.29, 0.717) is 4.90 Å². The molecule has 0 saturated carbocycles. The first kappa shape index (κ1) is 12.2. The third-order valence-electron chi connectivity index (χ3n) is 2.69. The standard InChI is InChI=1S/C14H16O2S/c1-11-3-5-12(6-4-11)13-7-9-14(10-8-13)17(2,15)16/h3-10,15-16H,1-2H3. The molecule has 0 spiro atoms. The molecule has 2 N–H and O–H groups in total. The van der Waals surface area contributed by atoms with Gasteiger partial charge in [-0.3, -0.25) is 9.11 Å². The van der Waals surface area contributed by atoms with Gasteiger partial charge in [-0.1, -0.05) is 42.0 Å². The molecule has 0 amide bonds. The second-order valence-corrected chi connectivity index (χ2v) is 6.36. The largest absolute Gasteiger partial charge is 0.295 e. The predicted molar refractivity (Wildman–Crippen MR) is 73.7 cm³/mol. The molecule has 0 bridgehead atoms. The van der Waals surface area contributed by atoms with E-state index < -0.39 is 10.6 Å². The Kier molecular flexibility index (Phi) is 3.24. The first-order valence-corrected chi connectivity index (χ1v) is 7.33. The molecule has 0 unspecified atom stereocenters. The maximum absolute atomic E-state index is 9.53. The van der Waals surface area contributed by atoms with Crippen LogP contribution in [0.4, 0.5) is 0 Å². The Morgan fingerprint density at radius 3 is 1.59 bits per heavy atom. The molecule has 0 aliphatic carbocycles. The molecule has 17 heavy (non-hydrogen) atoms. The summed E-state index contributed by atoms with van der Waals surface area (Å²) >= 11 is 0. The minimum absolute atomic E-state index is 0.577. The minimum Gasteiger partial charge on any atom is -0.295 e. The van der Waals surface area contributed by atoms with E-state index in [1.165, 1.54) is 11.8 Å². The Morgan fingerprint density at radius 2 is 1.18 bits per heavy atom. The van der Waals surface area contributed by atoms with Crippen molar-refractivity contribution in [3.8, 4) is 11.1 Å². The Hall–Kier alpha value is -1.29. The minimum atomic E-state index is -2.61. The van der Waals surface area contributed by atoms with Crippen molar-refractivity contribution in [2.45, 2.75) is 11.8 Å². The average Bonchev–Trinajstić information content (AvgIpc) is 2.29. The van der Waals surface area contributed by atoms with Crippen molar-refractivity contribution < 1.29 is 9.11 Å². The molecular weight excluding hydrogens is 232 g/mol. The maximum Gasteiger partial charge on any atom is 0.0581 e. The zero-order chi connectivity index (χ0) is 12.5. The van der Waals surface area contributed by atoms with Gasteiger partial charge in [-0.2, -0.15) is 10.6 Å². The highest BCUT2D eigenvalue weighted by atomic mass is 32.3. The second kappa shape index (κ2) is 4.53. The van der Waals surface area contributed by atoms with Crippen LogP contribution >= 0.6 is 10.6 Å². The van der Waals surface area contributed by atoms with Crippen LogP contribution < -0.4 is 0 Å². The van der Waals surface area contributed by atoms with Crippen LogP contribution in [-0.4, -0.2) is 15.4 Å². The lowest BCUT2D eigenvalue weighted by atomic mass is 10.0. The Morgan fingerprint density at radius 1 is 0.765 bits per heavy atom. The van der Waals surface area contributed by atoms with E-state index in [9.17, 15) is 9.11 Å². The monoisotopic (exact) mass is 248 g/mol. The van der Waals surface area contributed by atoms with Crippen molar-refractivity contribution in [2.24, 2.45) is 0 Å². The van der Waals surface area contributed by atoms with Crippen LogP contribution in [-0.2, 0) is 0 Å². The molecule has 0 aliphatic heterocycles. The zero-order valence-corrected chi connectivity index (χ0v) is 10.7. The molecule has 2 aromatic rings. The van der Waals surface area contributed by atoms with Crippen LogP contribution in [0.3, 0.4) is 0 Å². The lowest BCUT2D eigenvalue weighted by Crippen LogP contribution is -1.94. The molecule has 90 valence electrons. The van der Waals surface area contributed by atoms with Crippen LogP contribution in [0.25, 0.3) is 11.1 Å². The number of hydrogen-bond acceptors (Lipinski definition) is 2. The van der Waals surface area contributed by atoms with Gasteiger partial charge in [0.1, 0.15) is 0 Å². The van der Waals surface area contributed by atoms with Crippen LogP contribution in [0.5, 0.6) is 0 Å². The summed E-state index contributed by atoms with van der Waals surface area (Å²) in [7, 11) is -2.61. The van der Waals surface area contributed by atoms with Gasteiger partial charge in [0.05, 0.1) is 4.90 Å². The van der Waals surface area contributed by atoms with Gasteiger partial charge in [0.15, 0.2) is 0 Å². The fraction of sp³-hybridized carbons (Fsp3) is 0.143. The molecule has 0 aliphatic rings. The van der Waals surface area contributed by atoms with E-state index in [2.05, 4.69) is 31.2 Å². The van der Waals surface area contributed by atoms with E-state index in [4.69, 9.17) is 0 Å². The first-order valence-electron chi connectivity index (χ1n) is 5.37. The molecule has 0 fully saturated rings. The van der Waals surface area contributed by atoms with E-state index in [1.54, 1.807) is 12.1 Å². The van der Waals surface area contributed by atoms with Crippen molar-refractivity contribution >= 4 is 10.6 Å². The zero-order valence-electron chi connectivity index (χ0n) is 9.92. The Balaban J connectivity index is 2.33. The highest BCUT2D eigenvalue weighted by Gasteiger charge is 2.07. The highest BCUT2D eigenvalue weighted by molar-refractivity contribution is 8.23. The molecule has 0 heterocycles. The van der Waals surface area contributed by atoms with Crippen LogP contribution in [0.15, 0.2) is 53.4 Å². The third-order valence-corrected chi connectivity index (χ3v) is 3.85. The highest BCUT2D eigenvalue weighted by Crippen LogP contribution is 2.44. The fourth-order valence-electron chi connectivity index (χ4n) is 1.65. The lowest BCUT2D eigenvalue weighted by molar-refractivity contribution is 0.495. The van der Waals surface area contributed by atoms with Gasteiger partial charge < -0.3 is 0 Å². The smallest absolute Gasteiger partial charge is 0.0581 e. The molecule has 2 nitrogen and oxygen atoms in total. The van der Waals surface area contributed by atoms with Crippen LogP contribution in [0, 0.1) is 6.92 Å². The fourth-order valence-corrected chi connectivity index (χ4v) is 2.30. The van der Waals surface area contributed by atoms with Crippen molar-refractivity contribution in [1.29, 1.82) is 0 Å². The lowest BCUT2D eigenvalue weighted by Gasteiger charge is -2.26. The molecule has 0 atom stereocenters. The van der Waals surface area contributed by atoms with Gasteiger partial charge in [0, 0.05) is 6.26 Å². The first-order chi connectivity index (χ1) is 7.97. The molecule has 2 rings (SSSR count). The summed E-state index contributed by atoms with van der Waals surface area (Å²) in [6.45, 7) is 2.05. The summed E-state index contributed by atoms with van der Waals surface area (Å²) in [6, 6.07) is 15.6. The summed E-state index contributed by atoms with van der Waals surface area (Å²) in [5.74, 6) is 0. The van der Waals surface area contributed by atoms with Crippen molar-refractivity contribution in [2.75, 3.05) is 6.26 Å². The number of hydrogen-bond donors (Lipinski definition) is 2. The number of benzene rings is 2. The quantitative estimate of drug-likeness (QED) is 0.827. The topological polar surface area (TPSA) is 40.5 Å². The molecule has 0 saturated heterocycles. The normalized spacial score (nSPS) is 12.5. The predicted octanol–water partition coefficient (Wildman–Crippen LogP) is 4.40. The summed E-state index contributed by atoms with van der Waals surface area (Å²) in [5.41, 5.74) is 3.44. The van der Waals surface area contributed by atoms with Gasteiger partial charge in [-0.15, -0.1) is 0 Å². The summed E-state index contributed by atoms with van der Waals surface area (Å²) in [6.07, 6.45) is 1.44.